The van der Waals surface area contributed by atoms with Gasteiger partial charge >= 0.3 is 0 Å². The molecule has 0 aromatic heterocycles. The third-order valence-electron chi connectivity index (χ3n) is 3.99. The van der Waals surface area contributed by atoms with Gasteiger partial charge in [0.05, 0.1) is 0 Å². The third-order valence-corrected chi connectivity index (χ3v) is 5.04. The van der Waals surface area contributed by atoms with Crippen LogP contribution in [0.3, 0.4) is 0 Å². The summed E-state index contributed by atoms with van der Waals surface area (Å²) >= 11 is 1.94. The topological polar surface area (TPSA) is 49.4 Å². The number of hydrogen-bond acceptors (Lipinski definition) is 3. The normalized spacial score (nSPS) is 28.7. The highest BCUT2D eigenvalue weighted by atomic mass is 32.2. The van der Waals surface area contributed by atoms with Crippen molar-refractivity contribution in [2.45, 2.75) is 58.2 Å². The lowest BCUT2D eigenvalue weighted by Gasteiger charge is -2.48. The lowest BCUT2D eigenvalue weighted by molar-refractivity contribution is -0.158. The molecule has 1 atom stereocenters. The van der Waals surface area contributed by atoms with Gasteiger partial charge in [0.15, 0.2) is 0 Å². The van der Waals surface area contributed by atoms with Crippen LogP contribution in [0.15, 0.2) is 0 Å². The standard InChI is InChI=1S/C14H24N2O2S/c1-9(2)11-12(17)15-14(3,4)13(18)16(11)10-5-7-19-8-6-10/h9-11H,5-8H2,1-4H3,(H,15,17). The van der Waals surface area contributed by atoms with Gasteiger partial charge in [0, 0.05) is 6.04 Å². The predicted octanol–water partition coefficient (Wildman–Crippen LogP) is 1.64. The molecule has 1 unspecified atom stereocenters. The minimum Gasteiger partial charge on any atom is -0.340 e. The maximum atomic E-state index is 12.7. The monoisotopic (exact) mass is 284 g/mol. The van der Waals surface area contributed by atoms with E-state index in [0.717, 1.165) is 24.3 Å². The maximum absolute atomic E-state index is 12.7. The second-order valence-corrected chi connectivity index (χ2v) is 7.58. The molecule has 1 N–H and O–H groups in total. The van der Waals surface area contributed by atoms with Gasteiger partial charge in [-0.2, -0.15) is 11.8 Å². The zero-order valence-electron chi connectivity index (χ0n) is 12.2. The number of thioether (sulfide) groups is 1. The van der Waals surface area contributed by atoms with Gasteiger partial charge in [0.2, 0.25) is 11.8 Å². The van der Waals surface area contributed by atoms with Gasteiger partial charge in [-0.3, -0.25) is 9.59 Å². The van der Waals surface area contributed by atoms with Crippen molar-refractivity contribution in [3.63, 3.8) is 0 Å². The first-order valence-corrected chi connectivity index (χ1v) is 8.22. The van der Waals surface area contributed by atoms with Crippen LogP contribution in [0.5, 0.6) is 0 Å². The molecule has 2 saturated heterocycles. The third kappa shape index (κ3) is 2.76. The molecule has 2 aliphatic rings. The molecule has 0 aromatic carbocycles. The van der Waals surface area contributed by atoms with Crippen LogP contribution in [0.1, 0.15) is 40.5 Å². The molecule has 0 spiro atoms. The summed E-state index contributed by atoms with van der Waals surface area (Å²) in [5, 5.41) is 2.87. The van der Waals surface area contributed by atoms with E-state index in [-0.39, 0.29) is 29.8 Å². The number of nitrogens with zero attached hydrogens (tertiary/aromatic N) is 1. The molecule has 2 aliphatic heterocycles. The second kappa shape index (κ2) is 5.35. The fourth-order valence-electron chi connectivity index (χ4n) is 2.99. The largest absolute Gasteiger partial charge is 0.340 e. The SMILES string of the molecule is CC(C)C1C(=O)NC(C)(C)C(=O)N1C1CCSCC1. The van der Waals surface area contributed by atoms with Crippen LogP contribution in [0.2, 0.25) is 0 Å². The Morgan fingerprint density at radius 1 is 1.26 bits per heavy atom. The minimum absolute atomic E-state index is 0.00201. The highest BCUT2D eigenvalue weighted by Gasteiger charge is 2.48. The van der Waals surface area contributed by atoms with Crippen molar-refractivity contribution < 1.29 is 9.59 Å². The van der Waals surface area contributed by atoms with Crippen molar-refractivity contribution >= 4 is 23.6 Å². The number of amides is 2. The van der Waals surface area contributed by atoms with Gasteiger partial charge in [-0.25, -0.2) is 0 Å². The summed E-state index contributed by atoms with van der Waals surface area (Å²) < 4.78 is 0. The Kier molecular flexibility index (Phi) is 4.14. The Hall–Kier alpha value is -0.710. The van der Waals surface area contributed by atoms with E-state index in [2.05, 4.69) is 5.32 Å². The molecule has 2 heterocycles. The highest BCUT2D eigenvalue weighted by Crippen LogP contribution is 2.30. The molecule has 5 heteroatoms. The fraction of sp³-hybridized carbons (Fsp3) is 0.857. The summed E-state index contributed by atoms with van der Waals surface area (Å²) in [4.78, 5) is 26.9. The number of carbonyl (C=O) groups is 2. The Balaban J connectivity index is 2.31. The Morgan fingerprint density at radius 2 is 1.84 bits per heavy atom. The van der Waals surface area contributed by atoms with Crippen molar-refractivity contribution in [2.75, 3.05) is 11.5 Å². The molecule has 0 bridgehead atoms. The lowest BCUT2D eigenvalue weighted by atomic mass is 9.89. The zero-order chi connectivity index (χ0) is 14.2. The minimum atomic E-state index is -0.771. The van der Waals surface area contributed by atoms with E-state index in [4.69, 9.17) is 0 Å². The molecule has 0 aliphatic carbocycles. The van der Waals surface area contributed by atoms with E-state index >= 15 is 0 Å². The average molecular weight is 284 g/mol. The highest BCUT2D eigenvalue weighted by molar-refractivity contribution is 7.99. The molecular formula is C14H24N2O2S. The summed E-state index contributed by atoms with van der Waals surface area (Å²) in [6.45, 7) is 7.63. The van der Waals surface area contributed by atoms with Gasteiger partial charge in [-0.1, -0.05) is 13.8 Å². The van der Waals surface area contributed by atoms with E-state index in [1.54, 1.807) is 13.8 Å². The molecule has 2 fully saturated rings. The number of nitrogens with one attached hydrogen (secondary N) is 1. The quantitative estimate of drug-likeness (QED) is 0.839. The molecule has 19 heavy (non-hydrogen) atoms. The van der Waals surface area contributed by atoms with Gasteiger partial charge in [-0.15, -0.1) is 0 Å². The summed E-state index contributed by atoms with van der Waals surface area (Å²) in [5.41, 5.74) is -0.771. The molecule has 2 rings (SSSR count). The smallest absolute Gasteiger partial charge is 0.248 e. The first-order chi connectivity index (χ1) is 8.84. The van der Waals surface area contributed by atoms with Crippen LogP contribution in [0.4, 0.5) is 0 Å². The summed E-state index contributed by atoms with van der Waals surface area (Å²) in [5.74, 6) is 2.39. The van der Waals surface area contributed by atoms with E-state index in [1.165, 1.54) is 0 Å². The van der Waals surface area contributed by atoms with E-state index in [9.17, 15) is 9.59 Å². The van der Waals surface area contributed by atoms with Gasteiger partial charge in [-0.05, 0) is 44.1 Å². The molecule has 0 saturated carbocycles. The number of carbonyl (C=O) groups excluding carboxylic acids is 2. The van der Waals surface area contributed by atoms with Crippen molar-refractivity contribution in [1.29, 1.82) is 0 Å². The molecular weight excluding hydrogens is 260 g/mol. The Bertz CT molecular complexity index is 376. The Morgan fingerprint density at radius 3 is 2.37 bits per heavy atom. The molecule has 4 nitrogen and oxygen atoms in total. The Labute approximate surface area is 119 Å². The predicted molar refractivity (Wildman–Crippen MR) is 78.0 cm³/mol. The van der Waals surface area contributed by atoms with Crippen LogP contribution in [-0.2, 0) is 9.59 Å². The first kappa shape index (κ1) is 14.7. The fourth-order valence-corrected chi connectivity index (χ4v) is 4.07. The van der Waals surface area contributed by atoms with E-state index < -0.39 is 5.54 Å². The van der Waals surface area contributed by atoms with Crippen molar-refractivity contribution in [2.24, 2.45) is 5.92 Å². The molecule has 0 radical (unpaired) electrons. The van der Waals surface area contributed by atoms with Gasteiger partial charge in [0.1, 0.15) is 11.6 Å². The van der Waals surface area contributed by atoms with Crippen molar-refractivity contribution in [1.82, 2.24) is 10.2 Å². The summed E-state index contributed by atoms with van der Waals surface area (Å²) in [6.07, 6.45) is 2.01. The summed E-state index contributed by atoms with van der Waals surface area (Å²) in [6, 6.07) is -0.0832. The van der Waals surface area contributed by atoms with Crippen LogP contribution in [0, 0.1) is 5.92 Å². The average Bonchev–Trinajstić information content (AvgIpc) is 2.33. The van der Waals surface area contributed by atoms with Crippen LogP contribution in [-0.4, -0.2) is 45.8 Å². The molecule has 0 aromatic rings. The maximum Gasteiger partial charge on any atom is 0.248 e. The van der Waals surface area contributed by atoms with Crippen molar-refractivity contribution in [3.05, 3.63) is 0 Å². The number of hydrogen-bond donors (Lipinski definition) is 1. The number of rotatable bonds is 2. The van der Waals surface area contributed by atoms with Crippen LogP contribution in [0.25, 0.3) is 0 Å². The first-order valence-electron chi connectivity index (χ1n) is 7.07. The van der Waals surface area contributed by atoms with Crippen molar-refractivity contribution in [3.8, 4) is 0 Å². The second-order valence-electron chi connectivity index (χ2n) is 6.36. The van der Waals surface area contributed by atoms with Gasteiger partial charge in [0.25, 0.3) is 0 Å². The molecule has 2 amide bonds. The number of piperazine rings is 1. The van der Waals surface area contributed by atoms with Gasteiger partial charge < -0.3 is 10.2 Å². The van der Waals surface area contributed by atoms with Crippen LogP contribution < -0.4 is 5.32 Å². The van der Waals surface area contributed by atoms with E-state index in [1.807, 2.05) is 30.5 Å². The molecule has 108 valence electrons. The zero-order valence-corrected chi connectivity index (χ0v) is 13.0. The summed E-state index contributed by atoms with van der Waals surface area (Å²) in [7, 11) is 0. The lowest BCUT2D eigenvalue weighted by Crippen LogP contribution is -2.71. The van der Waals surface area contributed by atoms with E-state index in [0.29, 0.717) is 0 Å². The van der Waals surface area contributed by atoms with Crippen LogP contribution >= 0.6 is 11.8 Å².